The Hall–Kier alpha value is -2.36. The van der Waals surface area contributed by atoms with Gasteiger partial charge in [-0.25, -0.2) is 17.2 Å². The molecule has 0 N–H and O–H groups in total. The maximum atomic E-state index is 14.3. The summed E-state index contributed by atoms with van der Waals surface area (Å²) in [6, 6.07) is 9.24. The summed E-state index contributed by atoms with van der Waals surface area (Å²) in [5.41, 5.74) is 0.327. The molecule has 3 rings (SSSR count). The number of benzene rings is 2. The van der Waals surface area contributed by atoms with Crippen LogP contribution in [0.15, 0.2) is 47.4 Å². The van der Waals surface area contributed by atoms with Crippen LogP contribution in [0.2, 0.25) is 0 Å². The van der Waals surface area contributed by atoms with Gasteiger partial charge in [0.2, 0.25) is 10.0 Å². The average Bonchev–Trinajstić information content (AvgIpc) is 2.70. The number of carbonyl (C=O) groups excluding carboxylic acids is 1. The van der Waals surface area contributed by atoms with Crippen molar-refractivity contribution in [2.75, 3.05) is 33.4 Å². The number of carbonyl (C=O) groups is 1. The third-order valence-electron chi connectivity index (χ3n) is 4.48. The highest BCUT2D eigenvalue weighted by Crippen LogP contribution is 2.23. The Morgan fingerprint density at radius 3 is 2.46 bits per heavy atom. The maximum Gasteiger partial charge on any atom is 0.253 e. The first-order valence-electron chi connectivity index (χ1n) is 8.67. The zero-order valence-corrected chi connectivity index (χ0v) is 16.1. The maximum absolute atomic E-state index is 14.3. The number of nitrogens with zero attached hydrogens (tertiary/aromatic N) is 2. The number of amides is 1. The highest BCUT2D eigenvalue weighted by molar-refractivity contribution is 7.89. The molecule has 6 nitrogen and oxygen atoms in total. The van der Waals surface area contributed by atoms with Gasteiger partial charge in [-0.3, -0.25) is 4.79 Å². The van der Waals surface area contributed by atoms with Gasteiger partial charge in [-0.2, -0.15) is 4.31 Å². The van der Waals surface area contributed by atoms with Crippen LogP contribution in [0.3, 0.4) is 0 Å². The molecule has 1 saturated heterocycles. The number of morpholine rings is 1. The van der Waals surface area contributed by atoms with Gasteiger partial charge in [0.15, 0.2) is 0 Å². The van der Waals surface area contributed by atoms with Crippen molar-refractivity contribution in [1.29, 1.82) is 0 Å². The summed E-state index contributed by atoms with van der Waals surface area (Å²) in [5.74, 6) is -1.92. The van der Waals surface area contributed by atoms with E-state index in [1.165, 1.54) is 24.1 Å². The van der Waals surface area contributed by atoms with Crippen LogP contribution in [0.1, 0.15) is 15.9 Å². The molecule has 0 radical (unpaired) electrons. The second-order valence-electron chi connectivity index (χ2n) is 6.41. The van der Waals surface area contributed by atoms with Gasteiger partial charge in [0.05, 0.1) is 13.2 Å². The quantitative estimate of drug-likeness (QED) is 0.759. The number of hydrogen-bond acceptors (Lipinski definition) is 4. The molecular weight excluding hydrogens is 390 g/mol. The lowest BCUT2D eigenvalue weighted by Crippen LogP contribution is -2.41. The Labute approximate surface area is 162 Å². The van der Waals surface area contributed by atoms with Crippen molar-refractivity contribution in [3.8, 4) is 0 Å². The van der Waals surface area contributed by atoms with Crippen LogP contribution < -0.4 is 0 Å². The van der Waals surface area contributed by atoms with Gasteiger partial charge in [-0.15, -0.1) is 0 Å². The average molecular weight is 410 g/mol. The first kappa shape index (κ1) is 20.4. The second kappa shape index (κ2) is 8.34. The summed E-state index contributed by atoms with van der Waals surface area (Å²) in [6.07, 6.45) is 0. The molecule has 1 amide bonds. The molecule has 1 heterocycles. The Bertz CT molecular complexity index is 976. The van der Waals surface area contributed by atoms with Crippen LogP contribution in [0.5, 0.6) is 0 Å². The van der Waals surface area contributed by atoms with Crippen molar-refractivity contribution >= 4 is 15.9 Å². The lowest BCUT2D eigenvalue weighted by atomic mass is 10.1. The van der Waals surface area contributed by atoms with E-state index in [-0.39, 0.29) is 38.4 Å². The third kappa shape index (κ3) is 4.21. The fraction of sp³-hybridized carbons (Fsp3) is 0.316. The number of hydrogen-bond donors (Lipinski definition) is 0. The van der Waals surface area contributed by atoms with Gasteiger partial charge >= 0.3 is 0 Å². The van der Waals surface area contributed by atoms with E-state index in [4.69, 9.17) is 4.74 Å². The van der Waals surface area contributed by atoms with Crippen molar-refractivity contribution in [1.82, 2.24) is 9.21 Å². The molecule has 1 fully saturated rings. The molecule has 0 atom stereocenters. The zero-order chi connectivity index (χ0) is 20.3. The summed E-state index contributed by atoms with van der Waals surface area (Å²) in [7, 11) is -2.63. The molecule has 0 bridgehead atoms. The number of sulfonamides is 1. The van der Waals surface area contributed by atoms with Crippen LogP contribution in [0, 0.1) is 11.6 Å². The van der Waals surface area contributed by atoms with Gasteiger partial charge in [0, 0.05) is 37.8 Å². The van der Waals surface area contributed by atoms with E-state index in [0.717, 1.165) is 16.4 Å². The van der Waals surface area contributed by atoms with Crippen LogP contribution in [0.4, 0.5) is 8.78 Å². The third-order valence-corrected chi connectivity index (χ3v) is 6.39. The molecule has 2 aromatic carbocycles. The summed E-state index contributed by atoms with van der Waals surface area (Å²) in [6.45, 7) is 0.685. The van der Waals surface area contributed by atoms with Crippen molar-refractivity contribution < 1.29 is 26.7 Å². The molecule has 0 spiro atoms. The molecule has 2 aromatic rings. The predicted octanol–water partition coefficient (Wildman–Crippen LogP) is 2.26. The number of ether oxygens (including phenoxy) is 1. The van der Waals surface area contributed by atoms with Crippen LogP contribution in [-0.2, 0) is 21.3 Å². The summed E-state index contributed by atoms with van der Waals surface area (Å²) < 4.78 is 59.8. The van der Waals surface area contributed by atoms with E-state index in [1.807, 2.05) is 0 Å². The van der Waals surface area contributed by atoms with E-state index in [0.29, 0.717) is 5.56 Å². The fourth-order valence-corrected chi connectivity index (χ4v) is 4.43. The van der Waals surface area contributed by atoms with Crippen LogP contribution in [-0.4, -0.2) is 56.9 Å². The molecule has 9 heteroatoms. The largest absolute Gasteiger partial charge is 0.379 e. The first-order chi connectivity index (χ1) is 13.3. The fourth-order valence-electron chi connectivity index (χ4n) is 2.93. The lowest BCUT2D eigenvalue weighted by molar-refractivity contribution is 0.0729. The van der Waals surface area contributed by atoms with Crippen molar-refractivity contribution in [3.05, 3.63) is 65.2 Å². The molecule has 28 heavy (non-hydrogen) atoms. The predicted molar refractivity (Wildman–Crippen MR) is 98.2 cm³/mol. The Kier molecular flexibility index (Phi) is 6.07. The summed E-state index contributed by atoms with van der Waals surface area (Å²) >= 11 is 0. The van der Waals surface area contributed by atoms with E-state index in [9.17, 15) is 22.0 Å². The monoisotopic (exact) mass is 410 g/mol. The van der Waals surface area contributed by atoms with Crippen LogP contribution in [0.25, 0.3) is 0 Å². The van der Waals surface area contributed by atoms with Crippen molar-refractivity contribution in [3.63, 3.8) is 0 Å². The van der Waals surface area contributed by atoms with Gasteiger partial charge in [0.25, 0.3) is 5.91 Å². The van der Waals surface area contributed by atoms with E-state index < -0.39 is 32.5 Å². The molecule has 0 saturated carbocycles. The minimum atomic E-state index is -4.09. The smallest absolute Gasteiger partial charge is 0.253 e. The van der Waals surface area contributed by atoms with Gasteiger partial charge in [-0.1, -0.05) is 18.2 Å². The molecule has 0 unspecified atom stereocenters. The first-order valence-corrected chi connectivity index (χ1v) is 10.1. The van der Waals surface area contributed by atoms with E-state index in [2.05, 4.69) is 0 Å². The molecule has 0 aromatic heterocycles. The topological polar surface area (TPSA) is 66.9 Å². The highest BCUT2D eigenvalue weighted by atomic mass is 32.2. The van der Waals surface area contributed by atoms with Gasteiger partial charge in [0.1, 0.15) is 16.5 Å². The summed E-state index contributed by atoms with van der Waals surface area (Å²) in [5, 5.41) is 0. The Morgan fingerprint density at radius 2 is 1.79 bits per heavy atom. The Morgan fingerprint density at radius 1 is 1.11 bits per heavy atom. The second-order valence-corrected chi connectivity index (χ2v) is 8.32. The molecule has 0 aliphatic carbocycles. The number of rotatable bonds is 5. The minimum absolute atomic E-state index is 0.00553. The highest BCUT2D eigenvalue weighted by Gasteiger charge is 2.30. The normalized spacial score (nSPS) is 15.4. The lowest BCUT2D eigenvalue weighted by Gasteiger charge is -2.26. The van der Waals surface area contributed by atoms with E-state index in [1.54, 1.807) is 18.2 Å². The van der Waals surface area contributed by atoms with Crippen LogP contribution >= 0.6 is 0 Å². The molecule has 1 aliphatic rings. The molecular formula is C19H20F2N2O4S. The van der Waals surface area contributed by atoms with E-state index >= 15 is 0 Å². The van der Waals surface area contributed by atoms with Crippen molar-refractivity contribution in [2.24, 2.45) is 0 Å². The van der Waals surface area contributed by atoms with Crippen molar-refractivity contribution in [2.45, 2.75) is 11.4 Å². The van der Waals surface area contributed by atoms with Gasteiger partial charge < -0.3 is 9.64 Å². The minimum Gasteiger partial charge on any atom is -0.379 e. The molecule has 1 aliphatic heterocycles. The van der Waals surface area contributed by atoms with Gasteiger partial charge in [-0.05, 0) is 24.3 Å². The number of halogens is 2. The molecule has 150 valence electrons. The Balaban J connectivity index is 1.86. The SMILES string of the molecule is CN(Cc1ccccc1F)C(=O)c1ccc(F)c(S(=O)(=O)N2CCOCC2)c1. The summed E-state index contributed by atoms with van der Waals surface area (Å²) in [4.78, 5) is 13.4. The standard InChI is InChI=1S/C19H20F2N2O4S/c1-22(13-15-4-2-3-5-16(15)20)19(24)14-6-7-17(21)18(12-14)28(25,26)23-8-10-27-11-9-23/h2-7,12H,8-11,13H2,1H3. The zero-order valence-electron chi connectivity index (χ0n) is 15.3.